The summed E-state index contributed by atoms with van der Waals surface area (Å²) in [6, 6.07) is 0.665. The van der Waals surface area contributed by atoms with Gasteiger partial charge in [-0.05, 0) is 25.7 Å². The van der Waals surface area contributed by atoms with Crippen LogP contribution in [0.3, 0.4) is 0 Å². The molecule has 90 valence electrons. The molecule has 1 heterocycles. The van der Waals surface area contributed by atoms with E-state index >= 15 is 0 Å². The molecule has 3 N–H and O–H groups in total. The zero-order valence-corrected chi connectivity index (χ0v) is 9.69. The zero-order chi connectivity index (χ0) is 11.4. The molecule has 16 heavy (non-hydrogen) atoms. The molecular weight excluding hydrogens is 202 g/mol. The number of nitrogens with one attached hydrogen (secondary N) is 1. The highest BCUT2D eigenvalue weighted by molar-refractivity contribution is 5.78. The first-order valence-electron chi connectivity index (χ1n) is 6.16. The average molecular weight is 223 g/mol. The quantitative estimate of drug-likeness (QED) is 0.674. The van der Waals surface area contributed by atoms with E-state index in [9.17, 15) is 4.79 Å². The first kappa shape index (κ1) is 11.6. The standard InChI is InChI=1S/C12H21N3O/c13-10-5-7-15(8-6-10)9-12(16)14-11-3-1-2-4-11/h1-2,10-11H,3-9,13H2,(H,14,16). The van der Waals surface area contributed by atoms with E-state index in [4.69, 9.17) is 5.73 Å². The number of piperidine rings is 1. The summed E-state index contributed by atoms with van der Waals surface area (Å²) >= 11 is 0. The molecule has 4 nitrogen and oxygen atoms in total. The Kier molecular flexibility index (Phi) is 3.96. The molecule has 4 heteroatoms. The van der Waals surface area contributed by atoms with Crippen LogP contribution in [0.4, 0.5) is 0 Å². The van der Waals surface area contributed by atoms with Crippen LogP contribution in [0.15, 0.2) is 12.2 Å². The fraction of sp³-hybridized carbons (Fsp3) is 0.750. The SMILES string of the molecule is NC1CCN(CC(=O)NC2CC=CC2)CC1. The molecule has 0 spiro atoms. The van der Waals surface area contributed by atoms with Gasteiger partial charge >= 0.3 is 0 Å². The summed E-state index contributed by atoms with van der Waals surface area (Å²) in [7, 11) is 0. The molecule has 2 aliphatic rings. The molecule has 0 aromatic rings. The molecule has 1 saturated heterocycles. The number of likely N-dealkylation sites (tertiary alicyclic amines) is 1. The Morgan fingerprint density at radius 3 is 2.56 bits per heavy atom. The number of carbonyl (C=O) groups excluding carboxylic acids is 1. The molecule has 1 aliphatic heterocycles. The number of hydrogen-bond acceptors (Lipinski definition) is 3. The van der Waals surface area contributed by atoms with Crippen molar-refractivity contribution >= 4 is 5.91 Å². The van der Waals surface area contributed by atoms with Crippen LogP contribution in [-0.2, 0) is 4.79 Å². The van der Waals surface area contributed by atoms with Crippen molar-refractivity contribution in [3.8, 4) is 0 Å². The minimum absolute atomic E-state index is 0.157. The fourth-order valence-electron chi connectivity index (χ4n) is 2.32. The van der Waals surface area contributed by atoms with Gasteiger partial charge in [0.1, 0.15) is 0 Å². The Morgan fingerprint density at radius 1 is 1.31 bits per heavy atom. The van der Waals surface area contributed by atoms with Crippen LogP contribution in [0.2, 0.25) is 0 Å². The molecule has 0 saturated carbocycles. The Balaban J connectivity index is 1.66. The van der Waals surface area contributed by atoms with E-state index < -0.39 is 0 Å². The third-order valence-corrected chi connectivity index (χ3v) is 3.37. The molecule has 0 radical (unpaired) electrons. The first-order chi connectivity index (χ1) is 7.74. The lowest BCUT2D eigenvalue weighted by molar-refractivity contribution is -0.123. The number of nitrogens with two attached hydrogens (primary N) is 1. The van der Waals surface area contributed by atoms with Crippen molar-refractivity contribution in [1.29, 1.82) is 0 Å². The highest BCUT2D eigenvalue weighted by Crippen LogP contribution is 2.10. The number of carbonyl (C=O) groups is 1. The van der Waals surface area contributed by atoms with Crippen LogP contribution in [-0.4, -0.2) is 42.5 Å². The second-order valence-electron chi connectivity index (χ2n) is 4.82. The minimum atomic E-state index is 0.157. The summed E-state index contributed by atoms with van der Waals surface area (Å²) in [5.41, 5.74) is 5.82. The van der Waals surface area contributed by atoms with Crippen molar-refractivity contribution in [2.24, 2.45) is 5.73 Å². The van der Waals surface area contributed by atoms with Gasteiger partial charge in [-0.15, -0.1) is 0 Å². The molecular formula is C12H21N3O. The van der Waals surface area contributed by atoms with Crippen LogP contribution >= 0.6 is 0 Å². The summed E-state index contributed by atoms with van der Waals surface area (Å²) in [6.45, 7) is 2.44. The first-order valence-corrected chi connectivity index (χ1v) is 6.16. The van der Waals surface area contributed by atoms with E-state index in [0.717, 1.165) is 38.8 Å². The van der Waals surface area contributed by atoms with Crippen LogP contribution in [0, 0.1) is 0 Å². The van der Waals surface area contributed by atoms with Crippen molar-refractivity contribution in [2.75, 3.05) is 19.6 Å². The largest absolute Gasteiger partial charge is 0.352 e. The summed E-state index contributed by atoms with van der Waals surface area (Å²) in [5.74, 6) is 0.157. The van der Waals surface area contributed by atoms with E-state index in [-0.39, 0.29) is 5.91 Å². The smallest absolute Gasteiger partial charge is 0.234 e. The molecule has 1 fully saturated rings. The van der Waals surface area contributed by atoms with Gasteiger partial charge < -0.3 is 11.1 Å². The maximum atomic E-state index is 11.7. The van der Waals surface area contributed by atoms with Gasteiger partial charge in [-0.25, -0.2) is 0 Å². The summed E-state index contributed by atoms with van der Waals surface area (Å²) in [5, 5.41) is 3.06. The number of amides is 1. The van der Waals surface area contributed by atoms with E-state index in [1.807, 2.05) is 0 Å². The van der Waals surface area contributed by atoms with E-state index in [0.29, 0.717) is 18.6 Å². The van der Waals surface area contributed by atoms with Gasteiger partial charge in [-0.1, -0.05) is 12.2 Å². The van der Waals surface area contributed by atoms with Gasteiger partial charge in [0.2, 0.25) is 5.91 Å². The third-order valence-electron chi connectivity index (χ3n) is 3.37. The predicted molar refractivity (Wildman–Crippen MR) is 64.0 cm³/mol. The molecule has 1 amide bonds. The van der Waals surface area contributed by atoms with Crippen molar-refractivity contribution < 1.29 is 4.79 Å². The minimum Gasteiger partial charge on any atom is -0.352 e. The molecule has 2 rings (SSSR count). The van der Waals surface area contributed by atoms with Gasteiger partial charge in [-0.3, -0.25) is 9.69 Å². The van der Waals surface area contributed by atoms with Crippen molar-refractivity contribution in [3.05, 3.63) is 12.2 Å². The van der Waals surface area contributed by atoms with Gasteiger partial charge in [0, 0.05) is 25.2 Å². The Bertz CT molecular complexity index is 261. The van der Waals surface area contributed by atoms with Crippen molar-refractivity contribution in [1.82, 2.24) is 10.2 Å². The highest BCUT2D eigenvalue weighted by Gasteiger charge is 2.19. The summed E-state index contributed by atoms with van der Waals surface area (Å²) in [6.07, 6.45) is 8.25. The molecule has 0 aromatic heterocycles. The third kappa shape index (κ3) is 3.32. The van der Waals surface area contributed by atoms with Gasteiger partial charge in [0.15, 0.2) is 0 Å². The second kappa shape index (κ2) is 5.46. The van der Waals surface area contributed by atoms with E-state index in [2.05, 4.69) is 22.4 Å². The van der Waals surface area contributed by atoms with Crippen LogP contribution in [0.5, 0.6) is 0 Å². The summed E-state index contributed by atoms with van der Waals surface area (Å²) < 4.78 is 0. The lowest BCUT2D eigenvalue weighted by Gasteiger charge is -2.29. The van der Waals surface area contributed by atoms with Crippen LogP contribution in [0.25, 0.3) is 0 Å². The van der Waals surface area contributed by atoms with Crippen LogP contribution in [0.1, 0.15) is 25.7 Å². The second-order valence-corrected chi connectivity index (χ2v) is 4.82. The maximum Gasteiger partial charge on any atom is 0.234 e. The van der Waals surface area contributed by atoms with E-state index in [1.165, 1.54) is 0 Å². The van der Waals surface area contributed by atoms with Crippen molar-refractivity contribution in [3.63, 3.8) is 0 Å². The molecule has 0 aromatic carbocycles. The summed E-state index contributed by atoms with van der Waals surface area (Å²) in [4.78, 5) is 13.9. The highest BCUT2D eigenvalue weighted by atomic mass is 16.2. The van der Waals surface area contributed by atoms with E-state index in [1.54, 1.807) is 0 Å². The zero-order valence-electron chi connectivity index (χ0n) is 9.69. The molecule has 0 bridgehead atoms. The Labute approximate surface area is 96.9 Å². The van der Waals surface area contributed by atoms with Gasteiger partial charge in [-0.2, -0.15) is 0 Å². The van der Waals surface area contributed by atoms with Gasteiger partial charge in [0.05, 0.1) is 6.54 Å². The number of rotatable bonds is 3. The molecule has 0 unspecified atom stereocenters. The molecule has 1 aliphatic carbocycles. The van der Waals surface area contributed by atoms with Crippen LogP contribution < -0.4 is 11.1 Å². The number of hydrogen-bond donors (Lipinski definition) is 2. The lowest BCUT2D eigenvalue weighted by Crippen LogP contribution is -2.46. The lowest BCUT2D eigenvalue weighted by atomic mass is 10.1. The number of nitrogens with zero attached hydrogens (tertiary/aromatic N) is 1. The Morgan fingerprint density at radius 2 is 1.94 bits per heavy atom. The van der Waals surface area contributed by atoms with Gasteiger partial charge in [0.25, 0.3) is 0 Å². The monoisotopic (exact) mass is 223 g/mol. The predicted octanol–water partition coefficient (Wildman–Crippen LogP) is 0.244. The molecule has 0 atom stereocenters. The van der Waals surface area contributed by atoms with Crippen molar-refractivity contribution in [2.45, 2.75) is 37.8 Å². The Hall–Kier alpha value is -0.870. The fourth-order valence-corrected chi connectivity index (χ4v) is 2.32. The average Bonchev–Trinajstić information content (AvgIpc) is 2.74. The topological polar surface area (TPSA) is 58.4 Å². The normalized spacial score (nSPS) is 23.8. The maximum absolute atomic E-state index is 11.7.